The second-order valence-corrected chi connectivity index (χ2v) is 3.70. The molecule has 0 radical (unpaired) electrons. The Hall–Kier alpha value is -1.09. The van der Waals surface area contributed by atoms with Crippen LogP contribution < -0.4 is 5.56 Å². The number of aromatic nitrogens is 1. The van der Waals surface area contributed by atoms with Crippen LogP contribution in [-0.4, -0.2) is 11.2 Å². The summed E-state index contributed by atoms with van der Waals surface area (Å²) in [6, 6.07) is 5.35. The zero-order chi connectivity index (χ0) is 9.97. The molecule has 0 spiro atoms. The molecule has 1 saturated heterocycles. The molecule has 0 bridgehead atoms. The van der Waals surface area contributed by atoms with Crippen LogP contribution in [0.2, 0.25) is 0 Å². The van der Waals surface area contributed by atoms with Gasteiger partial charge in [-0.15, -0.1) is 0 Å². The van der Waals surface area contributed by atoms with Crippen LogP contribution in [-0.2, 0) is 11.8 Å². The Morgan fingerprint density at radius 3 is 3.00 bits per heavy atom. The number of rotatable bonds is 1. The molecule has 14 heavy (non-hydrogen) atoms. The van der Waals surface area contributed by atoms with E-state index in [1.54, 1.807) is 23.7 Å². The first-order valence-electron chi connectivity index (χ1n) is 5.06. The zero-order valence-electron chi connectivity index (χ0n) is 8.40. The summed E-state index contributed by atoms with van der Waals surface area (Å²) in [5.74, 6) is 0. The van der Waals surface area contributed by atoms with Gasteiger partial charge in [0.15, 0.2) is 0 Å². The van der Waals surface area contributed by atoms with Gasteiger partial charge in [0.25, 0.3) is 5.56 Å². The van der Waals surface area contributed by atoms with Gasteiger partial charge in [-0.05, 0) is 25.3 Å². The van der Waals surface area contributed by atoms with Crippen molar-refractivity contribution in [1.29, 1.82) is 0 Å². The van der Waals surface area contributed by atoms with Crippen LogP contribution in [0.4, 0.5) is 0 Å². The van der Waals surface area contributed by atoms with Crippen molar-refractivity contribution in [3.63, 3.8) is 0 Å². The van der Waals surface area contributed by atoms with Crippen molar-refractivity contribution >= 4 is 0 Å². The van der Waals surface area contributed by atoms with E-state index in [0.29, 0.717) is 0 Å². The lowest BCUT2D eigenvalue weighted by molar-refractivity contribution is 0.0101. The van der Waals surface area contributed by atoms with Gasteiger partial charge < -0.3 is 9.30 Å². The van der Waals surface area contributed by atoms with E-state index < -0.39 is 0 Å². The van der Waals surface area contributed by atoms with Crippen molar-refractivity contribution in [1.82, 2.24) is 4.57 Å². The minimum absolute atomic E-state index is 0.0386. The first-order valence-corrected chi connectivity index (χ1v) is 5.06. The van der Waals surface area contributed by atoms with E-state index in [0.717, 1.165) is 25.1 Å². The Kier molecular flexibility index (Phi) is 2.68. The largest absolute Gasteiger partial charge is 0.372 e. The quantitative estimate of drug-likeness (QED) is 0.678. The van der Waals surface area contributed by atoms with Crippen molar-refractivity contribution in [3.05, 3.63) is 34.2 Å². The summed E-state index contributed by atoms with van der Waals surface area (Å²) in [5.41, 5.74) is 1.04. The monoisotopic (exact) mass is 193 g/mol. The van der Waals surface area contributed by atoms with E-state index in [1.165, 1.54) is 6.42 Å². The highest BCUT2D eigenvalue weighted by atomic mass is 16.5. The fourth-order valence-electron chi connectivity index (χ4n) is 1.88. The molecular formula is C11H15NO2. The maximum absolute atomic E-state index is 11.4. The molecule has 3 heteroatoms. The minimum Gasteiger partial charge on any atom is -0.372 e. The molecule has 0 aliphatic carbocycles. The molecule has 1 aliphatic heterocycles. The Bertz CT molecular complexity index is 364. The van der Waals surface area contributed by atoms with Crippen LogP contribution >= 0.6 is 0 Å². The molecule has 1 aliphatic rings. The number of pyridine rings is 1. The van der Waals surface area contributed by atoms with Crippen LogP contribution in [0.15, 0.2) is 23.0 Å². The van der Waals surface area contributed by atoms with Crippen molar-refractivity contribution < 1.29 is 4.74 Å². The number of hydrogen-bond acceptors (Lipinski definition) is 2. The van der Waals surface area contributed by atoms with Crippen molar-refractivity contribution in [3.8, 4) is 0 Å². The van der Waals surface area contributed by atoms with Gasteiger partial charge in [-0.3, -0.25) is 4.79 Å². The highest BCUT2D eigenvalue weighted by Gasteiger charge is 2.17. The van der Waals surface area contributed by atoms with Crippen LogP contribution in [0.3, 0.4) is 0 Å². The second kappa shape index (κ2) is 3.96. The molecule has 1 aromatic heterocycles. The first-order chi connectivity index (χ1) is 6.79. The maximum atomic E-state index is 11.4. The predicted molar refractivity (Wildman–Crippen MR) is 54.2 cm³/mol. The van der Waals surface area contributed by atoms with E-state index >= 15 is 0 Å². The molecule has 3 nitrogen and oxygen atoms in total. The van der Waals surface area contributed by atoms with Gasteiger partial charge in [0.2, 0.25) is 0 Å². The molecule has 0 amide bonds. The molecule has 0 N–H and O–H groups in total. The predicted octanol–water partition coefficient (Wildman–Crippen LogP) is 1.63. The normalized spacial score (nSPS) is 22.2. The summed E-state index contributed by atoms with van der Waals surface area (Å²) in [7, 11) is 1.80. The summed E-state index contributed by atoms with van der Waals surface area (Å²) in [5, 5.41) is 0. The average Bonchev–Trinajstić information content (AvgIpc) is 2.23. The Morgan fingerprint density at radius 1 is 1.43 bits per heavy atom. The van der Waals surface area contributed by atoms with Crippen molar-refractivity contribution in [2.45, 2.75) is 25.4 Å². The van der Waals surface area contributed by atoms with Crippen LogP contribution in [0, 0.1) is 0 Å². The van der Waals surface area contributed by atoms with Gasteiger partial charge in [-0.25, -0.2) is 0 Å². The van der Waals surface area contributed by atoms with Gasteiger partial charge >= 0.3 is 0 Å². The van der Waals surface area contributed by atoms with Gasteiger partial charge in [0.1, 0.15) is 0 Å². The topological polar surface area (TPSA) is 31.2 Å². The molecule has 1 unspecified atom stereocenters. The molecule has 0 aromatic carbocycles. The van der Waals surface area contributed by atoms with Crippen LogP contribution in [0.5, 0.6) is 0 Å². The summed E-state index contributed by atoms with van der Waals surface area (Å²) >= 11 is 0. The van der Waals surface area contributed by atoms with E-state index in [1.807, 2.05) is 6.07 Å². The summed E-state index contributed by atoms with van der Waals surface area (Å²) in [6.07, 6.45) is 3.46. The first kappa shape index (κ1) is 9.46. The Labute approximate surface area is 83.3 Å². The standard InChI is InChI=1S/C11H15NO2/c1-12-9(5-4-7-11(12)13)10-6-2-3-8-14-10/h4-5,7,10H,2-3,6,8H2,1H3. The third-order valence-electron chi connectivity index (χ3n) is 2.73. The number of nitrogens with zero attached hydrogens (tertiary/aromatic N) is 1. The fourth-order valence-corrected chi connectivity index (χ4v) is 1.88. The van der Waals surface area contributed by atoms with Crippen molar-refractivity contribution in [2.24, 2.45) is 7.05 Å². The second-order valence-electron chi connectivity index (χ2n) is 3.70. The van der Waals surface area contributed by atoms with Crippen LogP contribution in [0.1, 0.15) is 31.1 Å². The lowest BCUT2D eigenvalue weighted by Crippen LogP contribution is -2.23. The smallest absolute Gasteiger partial charge is 0.250 e. The Balaban J connectivity index is 2.30. The van der Waals surface area contributed by atoms with E-state index in [2.05, 4.69) is 0 Å². The average molecular weight is 193 g/mol. The molecule has 0 saturated carbocycles. The summed E-state index contributed by atoms with van der Waals surface area (Å²) in [6.45, 7) is 0.813. The van der Waals surface area contributed by atoms with Crippen LogP contribution in [0.25, 0.3) is 0 Å². The van der Waals surface area contributed by atoms with E-state index in [-0.39, 0.29) is 11.7 Å². The molecule has 2 rings (SSSR count). The fraction of sp³-hybridized carbons (Fsp3) is 0.545. The molecular weight excluding hydrogens is 178 g/mol. The van der Waals surface area contributed by atoms with E-state index in [9.17, 15) is 4.79 Å². The number of hydrogen-bond donors (Lipinski definition) is 0. The lowest BCUT2D eigenvalue weighted by Gasteiger charge is -2.24. The Morgan fingerprint density at radius 2 is 2.29 bits per heavy atom. The summed E-state index contributed by atoms with van der Waals surface area (Å²) < 4.78 is 7.32. The van der Waals surface area contributed by atoms with Gasteiger partial charge in [-0.2, -0.15) is 0 Å². The SMILES string of the molecule is Cn1c(C2CCCCO2)cccc1=O. The third kappa shape index (κ3) is 1.73. The maximum Gasteiger partial charge on any atom is 0.250 e. The lowest BCUT2D eigenvalue weighted by atomic mass is 10.1. The van der Waals surface area contributed by atoms with Crippen molar-refractivity contribution in [2.75, 3.05) is 6.61 Å². The van der Waals surface area contributed by atoms with Gasteiger partial charge in [0, 0.05) is 25.4 Å². The molecule has 76 valence electrons. The highest BCUT2D eigenvalue weighted by Crippen LogP contribution is 2.26. The zero-order valence-corrected chi connectivity index (χ0v) is 8.40. The van der Waals surface area contributed by atoms with E-state index in [4.69, 9.17) is 4.74 Å². The molecule has 1 fully saturated rings. The highest BCUT2D eigenvalue weighted by molar-refractivity contribution is 5.09. The molecule has 2 heterocycles. The molecule has 1 aromatic rings. The summed E-state index contributed by atoms with van der Waals surface area (Å²) in [4.78, 5) is 11.4. The van der Waals surface area contributed by atoms with Gasteiger partial charge in [0.05, 0.1) is 6.10 Å². The number of ether oxygens (including phenoxy) is 1. The van der Waals surface area contributed by atoms with Gasteiger partial charge in [-0.1, -0.05) is 6.07 Å². The minimum atomic E-state index is 0.0386. The third-order valence-corrected chi connectivity index (χ3v) is 2.73. The molecule has 1 atom stereocenters.